The second kappa shape index (κ2) is 14.8. The second-order valence-electron chi connectivity index (χ2n) is 10.6. The summed E-state index contributed by atoms with van der Waals surface area (Å²) in [4.78, 5) is 40.1. The number of carbonyl (C=O) groups is 2. The molecule has 0 saturated carbocycles. The lowest BCUT2D eigenvalue weighted by Gasteiger charge is -2.34. The Morgan fingerprint density at radius 1 is 0.867 bits per heavy atom. The molecule has 0 aliphatic rings. The summed E-state index contributed by atoms with van der Waals surface area (Å²) < 4.78 is 28.9. The lowest BCUT2D eigenvalue weighted by Crippen LogP contribution is -2.54. The number of amides is 2. The minimum absolute atomic E-state index is 0.0398. The smallest absolute Gasteiger partial charge is 0.269 e. The first-order valence-corrected chi connectivity index (χ1v) is 16.0. The Bertz CT molecular complexity index is 1740. The van der Waals surface area contributed by atoms with Crippen molar-refractivity contribution in [1.82, 2.24) is 10.2 Å². The van der Waals surface area contributed by atoms with Gasteiger partial charge in [0.15, 0.2) is 0 Å². The van der Waals surface area contributed by atoms with Gasteiger partial charge >= 0.3 is 0 Å². The van der Waals surface area contributed by atoms with Crippen LogP contribution in [-0.4, -0.2) is 48.7 Å². The van der Waals surface area contributed by atoms with Crippen LogP contribution in [0.2, 0.25) is 5.02 Å². The van der Waals surface area contributed by atoms with Crippen LogP contribution in [0, 0.1) is 10.1 Å². The van der Waals surface area contributed by atoms with Crippen molar-refractivity contribution in [2.24, 2.45) is 0 Å². The molecule has 10 nitrogen and oxygen atoms in total. The Kier molecular flexibility index (Phi) is 10.9. The summed E-state index contributed by atoms with van der Waals surface area (Å²) in [5.41, 5.74) is 1.25. The molecule has 45 heavy (non-hydrogen) atoms. The van der Waals surface area contributed by atoms with E-state index in [0.29, 0.717) is 10.6 Å². The summed E-state index contributed by atoms with van der Waals surface area (Å²) in [7, 11) is -4.32. The second-order valence-corrected chi connectivity index (χ2v) is 12.9. The van der Waals surface area contributed by atoms with Gasteiger partial charge in [-0.25, -0.2) is 8.42 Å². The number of benzene rings is 4. The lowest BCUT2D eigenvalue weighted by atomic mass is 10.0. The number of anilines is 1. The van der Waals surface area contributed by atoms with E-state index in [1.54, 1.807) is 42.5 Å². The van der Waals surface area contributed by atoms with Crippen LogP contribution in [0.25, 0.3) is 0 Å². The number of nitro benzene ring substituents is 1. The molecule has 0 aliphatic heterocycles. The van der Waals surface area contributed by atoms with Gasteiger partial charge in [-0.05, 0) is 61.4 Å². The zero-order valence-corrected chi connectivity index (χ0v) is 26.3. The SMILES string of the molecule is CC(C)NC(=O)[C@@H](Cc1ccccc1)N(Cc1cccc(Cl)c1)C(=O)CN(c1ccc([N+](=O)[O-])cc1)S(=O)(=O)c1ccccc1. The number of nitro groups is 1. The molecule has 0 aromatic heterocycles. The quantitative estimate of drug-likeness (QED) is 0.148. The number of nitrogens with zero attached hydrogens (tertiary/aromatic N) is 3. The predicted octanol–water partition coefficient (Wildman–Crippen LogP) is 5.61. The minimum Gasteiger partial charge on any atom is -0.352 e. The maximum Gasteiger partial charge on any atom is 0.269 e. The van der Waals surface area contributed by atoms with Gasteiger partial charge in [0, 0.05) is 36.2 Å². The van der Waals surface area contributed by atoms with E-state index in [2.05, 4.69) is 5.32 Å². The van der Waals surface area contributed by atoms with Gasteiger partial charge in [0.2, 0.25) is 11.8 Å². The first kappa shape index (κ1) is 33.2. The van der Waals surface area contributed by atoms with Crippen molar-refractivity contribution in [3.63, 3.8) is 0 Å². The summed E-state index contributed by atoms with van der Waals surface area (Å²) in [5.74, 6) is -1.07. The van der Waals surface area contributed by atoms with Crippen LogP contribution in [0.1, 0.15) is 25.0 Å². The van der Waals surface area contributed by atoms with Gasteiger partial charge in [-0.2, -0.15) is 0 Å². The fourth-order valence-corrected chi connectivity index (χ4v) is 6.40. The van der Waals surface area contributed by atoms with E-state index < -0.39 is 39.3 Å². The highest BCUT2D eigenvalue weighted by atomic mass is 35.5. The Morgan fingerprint density at radius 2 is 1.47 bits per heavy atom. The van der Waals surface area contributed by atoms with Crippen LogP contribution in [0.4, 0.5) is 11.4 Å². The number of sulfonamides is 1. The number of non-ortho nitro benzene ring substituents is 1. The molecule has 1 atom stereocenters. The highest BCUT2D eigenvalue weighted by Crippen LogP contribution is 2.27. The predicted molar refractivity (Wildman–Crippen MR) is 173 cm³/mol. The summed E-state index contributed by atoms with van der Waals surface area (Å²) >= 11 is 6.26. The third kappa shape index (κ3) is 8.68. The Balaban J connectivity index is 1.81. The number of hydrogen-bond acceptors (Lipinski definition) is 6. The van der Waals surface area contributed by atoms with Gasteiger partial charge in [0.05, 0.1) is 15.5 Å². The van der Waals surface area contributed by atoms with Crippen LogP contribution in [0.15, 0.2) is 114 Å². The number of nitrogens with one attached hydrogen (secondary N) is 1. The summed E-state index contributed by atoms with van der Waals surface area (Å²) in [6.07, 6.45) is 0.161. The normalized spacial score (nSPS) is 11.9. The third-order valence-electron chi connectivity index (χ3n) is 6.90. The summed E-state index contributed by atoms with van der Waals surface area (Å²) in [5, 5.41) is 14.6. The third-order valence-corrected chi connectivity index (χ3v) is 8.93. The maximum atomic E-state index is 14.4. The van der Waals surface area contributed by atoms with E-state index in [0.717, 1.165) is 9.87 Å². The van der Waals surface area contributed by atoms with Crippen LogP contribution in [0.5, 0.6) is 0 Å². The molecule has 0 unspecified atom stereocenters. The monoisotopic (exact) mass is 648 g/mol. The first-order valence-electron chi connectivity index (χ1n) is 14.2. The molecule has 0 heterocycles. The van der Waals surface area contributed by atoms with Gasteiger partial charge in [-0.3, -0.25) is 24.0 Å². The molecule has 0 spiro atoms. The summed E-state index contributed by atoms with van der Waals surface area (Å²) in [6.45, 7) is 2.89. The molecule has 0 saturated heterocycles. The number of rotatable bonds is 13. The first-order chi connectivity index (χ1) is 21.5. The Labute approximate surface area is 267 Å². The average Bonchev–Trinajstić information content (AvgIpc) is 3.02. The molecular formula is C33H33ClN4O6S. The molecule has 2 amide bonds. The zero-order valence-electron chi connectivity index (χ0n) is 24.7. The molecule has 0 bridgehead atoms. The summed E-state index contributed by atoms with van der Waals surface area (Å²) in [6, 6.07) is 27.3. The van der Waals surface area contributed by atoms with Gasteiger partial charge in [-0.1, -0.05) is 72.3 Å². The molecule has 4 aromatic rings. The molecule has 4 aromatic carbocycles. The van der Waals surface area contributed by atoms with Crippen molar-refractivity contribution in [3.05, 3.63) is 135 Å². The van der Waals surface area contributed by atoms with Crippen molar-refractivity contribution in [2.75, 3.05) is 10.8 Å². The van der Waals surface area contributed by atoms with E-state index >= 15 is 0 Å². The lowest BCUT2D eigenvalue weighted by molar-refractivity contribution is -0.384. The minimum atomic E-state index is -4.32. The fraction of sp³-hybridized carbons (Fsp3) is 0.212. The van der Waals surface area contributed by atoms with Crippen molar-refractivity contribution in [2.45, 2.75) is 43.8 Å². The molecule has 0 radical (unpaired) electrons. The number of carbonyl (C=O) groups excluding carboxylic acids is 2. The van der Waals surface area contributed by atoms with E-state index in [4.69, 9.17) is 11.6 Å². The maximum absolute atomic E-state index is 14.4. The van der Waals surface area contributed by atoms with Crippen molar-refractivity contribution < 1.29 is 22.9 Å². The van der Waals surface area contributed by atoms with Crippen LogP contribution in [-0.2, 0) is 32.6 Å². The van der Waals surface area contributed by atoms with Crippen LogP contribution in [0.3, 0.4) is 0 Å². The molecule has 234 valence electrons. The molecular weight excluding hydrogens is 616 g/mol. The average molecular weight is 649 g/mol. The largest absolute Gasteiger partial charge is 0.352 e. The van der Waals surface area contributed by atoms with E-state index in [1.807, 2.05) is 44.2 Å². The molecule has 4 rings (SSSR count). The van der Waals surface area contributed by atoms with Crippen molar-refractivity contribution in [1.29, 1.82) is 0 Å². The standard InChI is InChI=1S/C33H33ClN4O6S/c1-24(2)35-33(40)31(21-25-10-5-3-6-11-25)36(22-26-12-9-13-27(34)20-26)32(39)23-37(28-16-18-29(19-17-28)38(41)42)45(43,44)30-14-7-4-8-15-30/h3-20,24,31H,21-23H2,1-2H3,(H,35,40)/t31-/m1/s1. The van der Waals surface area contributed by atoms with Gasteiger partial charge in [-0.15, -0.1) is 0 Å². The van der Waals surface area contributed by atoms with Gasteiger partial charge < -0.3 is 10.2 Å². The van der Waals surface area contributed by atoms with Crippen molar-refractivity contribution >= 4 is 44.8 Å². The molecule has 0 aliphatic carbocycles. The van der Waals surface area contributed by atoms with Crippen LogP contribution >= 0.6 is 11.6 Å². The van der Waals surface area contributed by atoms with Gasteiger partial charge in [0.1, 0.15) is 12.6 Å². The Morgan fingerprint density at radius 3 is 2.04 bits per heavy atom. The topological polar surface area (TPSA) is 130 Å². The van der Waals surface area contributed by atoms with E-state index in [-0.39, 0.29) is 35.3 Å². The highest BCUT2D eigenvalue weighted by Gasteiger charge is 2.35. The van der Waals surface area contributed by atoms with Crippen LogP contribution < -0.4 is 9.62 Å². The van der Waals surface area contributed by atoms with Crippen molar-refractivity contribution in [3.8, 4) is 0 Å². The fourth-order valence-electron chi connectivity index (χ4n) is 4.76. The molecule has 1 N–H and O–H groups in total. The Hall–Kier alpha value is -4.74. The van der Waals surface area contributed by atoms with E-state index in [9.17, 15) is 28.1 Å². The number of hydrogen-bond donors (Lipinski definition) is 1. The zero-order chi connectivity index (χ0) is 32.6. The molecule has 12 heteroatoms. The van der Waals surface area contributed by atoms with Gasteiger partial charge in [0.25, 0.3) is 15.7 Å². The molecule has 0 fully saturated rings. The number of halogens is 1. The van der Waals surface area contributed by atoms with E-state index in [1.165, 1.54) is 41.3 Å². The highest BCUT2D eigenvalue weighted by molar-refractivity contribution is 7.92.